The third kappa shape index (κ3) is 4.26. The van der Waals surface area contributed by atoms with Gasteiger partial charge in [0.1, 0.15) is 5.69 Å². The van der Waals surface area contributed by atoms with Gasteiger partial charge in [0, 0.05) is 18.3 Å². The predicted octanol–water partition coefficient (Wildman–Crippen LogP) is 2.76. The standard InChI is InChI=1S/C19H28N2O5/c1-5-21(14-9-7-6-8-10-14)15(22)11-26-19(24)17-12(2)16(13(3)20-17)18(23)25-4/h14,20H,5-11H2,1-4H3. The van der Waals surface area contributed by atoms with Crippen LogP contribution in [0.2, 0.25) is 0 Å². The van der Waals surface area contributed by atoms with E-state index in [4.69, 9.17) is 9.47 Å². The van der Waals surface area contributed by atoms with E-state index in [2.05, 4.69) is 4.98 Å². The van der Waals surface area contributed by atoms with Gasteiger partial charge in [-0.05, 0) is 39.2 Å². The summed E-state index contributed by atoms with van der Waals surface area (Å²) in [5.74, 6) is -1.34. The summed E-state index contributed by atoms with van der Waals surface area (Å²) in [6.07, 6.45) is 5.48. The van der Waals surface area contributed by atoms with Crippen molar-refractivity contribution < 1.29 is 23.9 Å². The van der Waals surface area contributed by atoms with Crippen molar-refractivity contribution in [3.63, 3.8) is 0 Å². The third-order valence-corrected chi connectivity index (χ3v) is 5.03. The summed E-state index contributed by atoms with van der Waals surface area (Å²) >= 11 is 0. The highest BCUT2D eigenvalue weighted by Crippen LogP contribution is 2.23. The van der Waals surface area contributed by atoms with Gasteiger partial charge in [0.2, 0.25) is 0 Å². The van der Waals surface area contributed by atoms with E-state index in [0.717, 1.165) is 25.7 Å². The van der Waals surface area contributed by atoms with Crippen LogP contribution < -0.4 is 0 Å². The zero-order valence-corrected chi connectivity index (χ0v) is 16.0. The number of likely N-dealkylation sites (N-methyl/N-ethyl adjacent to an activating group) is 1. The molecule has 0 spiro atoms. The molecule has 7 heteroatoms. The molecule has 0 aliphatic heterocycles. The quantitative estimate of drug-likeness (QED) is 0.784. The first-order chi connectivity index (χ1) is 12.4. The summed E-state index contributed by atoms with van der Waals surface area (Å²) in [6.45, 7) is 5.58. The fourth-order valence-electron chi connectivity index (χ4n) is 3.68. The van der Waals surface area contributed by atoms with Gasteiger partial charge in [-0.1, -0.05) is 19.3 Å². The van der Waals surface area contributed by atoms with Gasteiger partial charge in [-0.2, -0.15) is 0 Å². The lowest BCUT2D eigenvalue weighted by molar-refractivity contribution is -0.137. The molecule has 1 aliphatic carbocycles. The lowest BCUT2D eigenvalue weighted by atomic mass is 9.94. The highest BCUT2D eigenvalue weighted by molar-refractivity contribution is 5.99. The molecule has 1 N–H and O–H groups in total. The van der Waals surface area contributed by atoms with Gasteiger partial charge >= 0.3 is 11.9 Å². The van der Waals surface area contributed by atoms with Crippen LogP contribution in [-0.4, -0.2) is 54.0 Å². The van der Waals surface area contributed by atoms with Crippen molar-refractivity contribution in [2.24, 2.45) is 0 Å². The highest BCUT2D eigenvalue weighted by Gasteiger charge is 2.27. The molecule has 26 heavy (non-hydrogen) atoms. The smallest absolute Gasteiger partial charge is 0.355 e. The number of nitrogens with one attached hydrogen (secondary N) is 1. The molecule has 0 aromatic carbocycles. The first-order valence-electron chi connectivity index (χ1n) is 9.14. The van der Waals surface area contributed by atoms with Gasteiger partial charge in [-0.25, -0.2) is 9.59 Å². The molecule has 1 aliphatic rings. The summed E-state index contributed by atoms with van der Waals surface area (Å²) in [6, 6.07) is 0.236. The van der Waals surface area contributed by atoms with Gasteiger partial charge < -0.3 is 19.4 Å². The molecule has 0 bridgehead atoms. The number of hydrogen-bond acceptors (Lipinski definition) is 5. The van der Waals surface area contributed by atoms with Crippen LogP contribution in [0.4, 0.5) is 0 Å². The van der Waals surface area contributed by atoms with Gasteiger partial charge in [0.25, 0.3) is 5.91 Å². The number of aromatic amines is 1. The molecule has 0 unspecified atom stereocenters. The number of aromatic nitrogens is 1. The number of nitrogens with zero attached hydrogens (tertiary/aromatic N) is 1. The van der Waals surface area contributed by atoms with E-state index in [1.54, 1.807) is 18.7 Å². The molecule has 0 saturated heterocycles. The maximum absolute atomic E-state index is 12.5. The summed E-state index contributed by atoms with van der Waals surface area (Å²) < 4.78 is 9.94. The van der Waals surface area contributed by atoms with Crippen LogP contribution in [0.25, 0.3) is 0 Å². The Hall–Kier alpha value is -2.31. The molecular weight excluding hydrogens is 336 g/mol. The number of hydrogen-bond donors (Lipinski definition) is 1. The van der Waals surface area contributed by atoms with E-state index >= 15 is 0 Å². The fourth-order valence-corrected chi connectivity index (χ4v) is 3.68. The molecule has 1 saturated carbocycles. The number of carbonyl (C=O) groups excluding carboxylic acids is 3. The second kappa shape index (κ2) is 8.87. The van der Waals surface area contributed by atoms with Crippen LogP contribution in [0.5, 0.6) is 0 Å². The zero-order chi connectivity index (χ0) is 19.3. The minimum atomic E-state index is -0.645. The second-order valence-corrected chi connectivity index (χ2v) is 6.66. The molecule has 1 aromatic heterocycles. The summed E-state index contributed by atoms with van der Waals surface area (Å²) in [7, 11) is 1.29. The Morgan fingerprint density at radius 2 is 1.77 bits per heavy atom. The number of carbonyl (C=O) groups is 3. The topological polar surface area (TPSA) is 88.7 Å². The number of aryl methyl sites for hydroxylation is 1. The number of ether oxygens (including phenoxy) is 2. The van der Waals surface area contributed by atoms with Gasteiger partial charge in [0.15, 0.2) is 6.61 Å². The Morgan fingerprint density at radius 1 is 1.12 bits per heavy atom. The van der Waals surface area contributed by atoms with Crippen molar-refractivity contribution in [2.75, 3.05) is 20.3 Å². The van der Waals surface area contributed by atoms with Crippen molar-refractivity contribution in [1.82, 2.24) is 9.88 Å². The van der Waals surface area contributed by atoms with Crippen molar-refractivity contribution in [3.05, 3.63) is 22.5 Å². The van der Waals surface area contributed by atoms with E-state index in [1.807, 2.05) is 6.92 Å². The minimum absolute atomic E-state index is 0.177. The van der Waals surface area contributed by atoms with Gasteiger partial charge in [-0.15, -0.1) is 0 Å². The maximum Gasteiger partial charge on any atom is 0.355 e. The third-order valence-electron chi connectivity index (χ3n) is 5.03. The molecular formula is C19H28N2O5. The number of rotatable bonds is 6. The van der Waals surface area contributed by atoms with E-state index < -0.39 is 11.9 Å². The van der Waals surface area contributed by atoms with E-state index in [1.165, 1.54) is 13.5 Å². The normalized spacial score (nSPS) is 14.8. The average Bonchev–Trinajstić information content (AvgIpc) is 2.95. The Kier molecular flexibility index (Phi) is 6.83. The molecule has 2 rings (SSSR count). The van der Waals surface area contributed by atoms with Crippen molar-refractivity contribution in [2.45, 2.75) is 58.9 Å². The number of H-pyrrole nitrogens is 1. The van der Waals surface area contributed by atoms with Gasteiger partial charge in [0.05, 0.1) is 12.7 Å². The molecule has 1 heterocycles. The van der Waals surface area contributed by atoms with E-state index in [9.17, 15) is 14.4 Å². The van der Waals surface area contributed by atoms with Crippen LogP contribution in [0.15, 0.2) is 0 Å². The monoisotopic (exact) mass is 364 g/mol. The van der Waals surface area contributed by atoms with Crippen LogP contribution in [-0.2, 0) is 14.3 Å². The predicted molar refractivity (Wildman–Crippen MR) is 96.1 cm³/mol. The number of methoxy groups -OCH3 is 1. The van der Waals surface area contributed by atoms with E-state index in [-0.39, 0.29) is 24.2 Å². The Bertz CT molecular complexity index is 674. The lowest BCUT2D eigenvalue weighted by Crippen LogP contribution is -2.43. The Labute approximate surface area is 154 Å². The van der Waals surface area contributed by atoms with Crippen molar-refractivity contribution in [3.8, 4) is 0 Å². The summed E-state index contributed by atoms with van der Waals surface area (Å²) in [5.41, 5.74) is 1.50. The van der Waals surface area contributed by atoms with Crippen LogP contribution in [0, 0.1) is 13.8 Å². The maximum atomic E-state index is 12.5. The van der Waals surface area contributed by atoms with Crippen molar-refractivity contribution in [1.29, 1.82) is 0 Å². The molecule has 1 amide bonds. The van der Waals surface area contributed by atoms with Crippen LogP contribution in [0.3, 0.4) is 0 Å². The zero-order valence-electron chi connectivity index (χ0n) is 16.0. The Balaban J connectivity index is 2.01. The van der Waals surface area contributed by atoms with Crippen molar-refractivity contribution >= 4 is 17.8 Å². The first-order valence-corrected chi connectivity index (χ1v) is 9.14. The molecule has 1 aromatic rings. The van der Waals surface area contributed by atoms with Gasteiger partial charge in [-0.3, -0.25) is 4.79 Å². The number of amides is 1. The van der Waals surface area contributed by atoms with Crippen LogP contribution >= 0.6 is 0 Å². The molecule has 7 nitrogen and oxygen atoms in total. The molecule has 0 radical (unpaired) electrons. The molecule has 144 valence electrons. The fraction of sp³-hybridized carbons (Fsp3) is 0.632. The average molecular weight is 364 g/mol. The highest BCUT2D eigenvalue weighted by atomic mass is 16.5. The number of esters is 2. The Morgan fingerprint density at radius 3 is 2.35 bits per heavy atom. The summed E-state index contributed by atoms with van der Waals surface area (Å²) in [5, 5.41) is 0. The van der Waals surface area contributed by atoms with Crippen LogP contribution in [0.1, 0.15) is 71.1 Å². The largest absolute Gasteiger partial charge is 0.465 e. The molecule has 1 fully saturated rings. The second-order valence-electron chi connectivity index (χ2n) is 6.66. The first kappa shape index (κ1) is 20.0. The van der Waals surface area contributed by atoms with E-state index in [0.29, 0.717) is 23.4 Å². The molecule has 0 atom stereocenters. The SMILES string of the molecule is CCN(C(=O)COC(=O)c1[nH]c(C)c(C(=O)OC)c1C)C1CCCCC1. The lowest BCUT2D eigenvalue weighted by Gasteiger charge is -2.33. The minimum Gasteiger partial charge on any atom is -0.465 e. The summed E-state index contributed by atoms with van der Waals surface area (Å²) in [4.78, 5) is 41.3.